The number of anilines is 2. The zero-order valence-electron chi connectivity index (χ0n) is 11.3. The molecule has 4 nitrogen and oxygen atoms in total. The third-order valence-electron chi connectivity index (χ3n) is 2.92. The summed E-state index contributed by atoms with van der Waals surface area (Å²) < 4.78 is 0. The number of benzene rings is 1. The Balaban J connectivity index is 1.99. The largest absolute Gasteiger partial charge is 0.335 e. The van der Waals surface area contributed by atoms with E-state index in [0.29, 0.717) is 6.04 Å². The number of amidine groups is 1. The van der Waals surface area contributed by atoms with Gasteiger partial charge in [-0.25, -0.2) is 0 Å². The van der Waals surface area contributed by atoms with Crippen molar-refractivity contribution in [3.63, 3.8) is 0 Å². The minimum atomic E-state index is -0.0568. The van der Waals surface area contributed by atoms with E-state index in [1.807, 2.05) is 24.3 Å². The van der Waals surface area contributed by atoms with Crippen LogP contribution in [0.5, 0.6) is 0 Å². The fourth-order valence-electron chi connectivity index (χ4n) is 1.89. The number of nitrogens with zero attached hydrogens (tertiary/aromatic N) is 1. The van der Waals surface area contributed by atoms with E-state index in [1.54, 1.807) is 11.8 Å². The van der Waals surface area contributed by atoms with Gasteiger partial charge in [0, 0.05) is 24.1 Å². The predicted molar refractivity (Wildman–Crippen MR) is 83.0 cm³/mol. The summed E-state index contributed by atoms with van der Waals surface area (Å²) in [5.41, 5.74) is 1.81. The smallest absolute Gasteiger partial charge is 0.221 e. The van der Waals surface area contributed by atoms with Gasteiger partial charge >= 0.3 is 0 Å². The molecule has 1 aliphatic rings. The van der Waals surface area contributed by atoms with E-state index < -0.39 is 0 Å². The van der Waals surface area contributed by atoms with Gasteiger partial charge in [-0.15, -0.1) is 0 Å². The summed E-state index contributed by atoms with van der Waals surface area (Å²) in [5.74, 6) is 1.06. The van der Waals surface area contributed by atoms with Crippen LogP contribution in [0, 0.1) is 0 Å². The number of thioether (sulfide) groups is 1. The summed E-state index contributed by atoms with van der Waals surface area (Å²) in [6.07, 6.45) is 2.25. The molecule has 0 bridgehead atoms. The van der Waals surface area contributed by atoms with Crippen molar-refractivity contribution in [3.8, 4) is 0 Å². The van der Waals surface area contributed by atoms with E-state index in [9.17, 15) is 4.79 Å². The third kappa shape index (κ3) is 4.28. The van der Waals surface area contributed by atoms with Gasteiger partial charge in [0.05, 0.1) is 6.04 Å². The molecule has 2 rings (SSSR count). The molecule has 0 spiro atoms. The molecule has 1 heterocycles. The van der Waals surface area contributed by atoms with Crippen LogP contribution in [0.25, 0.3) is 0 Å². The number of carbonyl (C=O) groups excluding carboxylic acids is 1. The number of hydrogen-bond acceptors (Lipinski definition) is 4. The van der Waals surface area contributed by atoms with Gasteiger partial charge in [0.2, 0.25) is 5.91 Å². The molecule has 5 heteroatoms. The summed E-state index contributed by atoms with van der Waals surface area (Å²) in [4.78, 5) is 15.6. The Hall–Kier alpha value is -1.49. The Kier molecular flexibility index (Phi) is 4.85. The van der Waals surface area contributed by atoms with Crippen molar-refractivity contribution in [2.24, 2.45) is 4.99 Å². The molecule has 0 aromatic heterocycles. The highest BCUT2D eigenvalue weighted by Crippen LogP contribution is 2.22. The van der Waals surface area contributed by atoms with Crippen LogP contribution in [0.15, 0.2) is 29.3 Å². The van der Waals surface area contributed by atoms with Gasteiger partial charge in [-0.1, -0.05) is 18.7 Å². The van der Waals surface area contributed by atoms with Crippen LogP contribution in [0.1, 0.15) is 26.7 Å². The second kappa shape index (κ2) is 6.61. The lowest BCUT2D eigenvalue weighted by Gasteiger charge is -2.19. The van der Waals surface area contributed by atoms with Crippen LogP contribution in [0.4, 0.5) is 11.4 Å². The highest BCUT2D eigenvalue weighted by atomic mass is 32.2. The Morgan fingerprint density at radius 2 is 2.05 bits per heavy atom. The van der Waals surface area contributed by atoms with Crippen molar-refractivity contribution in [1.29, 1.82) is 0 Å². The van der Waals surface area contributed by atoms with E-state index >= 15 is 0 Å². The molecule has 1 aromatic rings. The van der Waals surface area contributed by atoms with E-state index in [1.165, 1.54) is 6.92 Å². The average molecular weight is 277 g/mol. The lowest BCUT2D eigenvalue weighted by Crippen LogP contribution is -2.19. The summed E-state index contributed by atoms with van der Waals surface area (Å²) in [6, 6.07) is 8.11. The Bertz CT molecular complexity index is 470. The van der Waals surface area contributed by atoms with E-state index in [2.05, 4.69) is 22.5 Å². The lowest BCUT2D eigenvalue weighted by atomic mass is 10.2. The lowest BCUT2D eigenvalue weighted by molar-refractivity contribution is -0.114. The van der Waals surface area contributed by atoms with Crippen molar-refractivity contribution < 1.29 is 4.79 Å². The first kappa shape index (κ1) is 13.9. The van der Waals surface area contributed by atoms with Crippen molar-refractivity contribution in [2.75, 3.05) is 16.4 Å². The number of aliphatic imine (C=N–C) groups is 1. The number of carbonyl (C=O) groups is 1. The molecular weight excluding hydrogens is 258 g/mol. The van der Waals surface area contributed by atoms with Gasteiger partial charge in [-0.3, -0.25) is 9.79 Å². The molecule has 0 saturated heterocycles. The van der Waals surface area contributed by atoms with Crippen molar-refractivity contribution in [1.82, 2.24) is 0 Å². The maximum absolute atomic E-state index is 10.9. The van der Waals surface area contributed by atoms with Crippen molar-refractivity contribution in [3.05, 3.63) is 24.3 Å². The average Bonchev–Trinajstić information content (AvgIpc) is 2.41. The Morgan fingerprint density at radius 1 is 1.37 bits per heavy atom. The maximum atomic E-state index is 10.9. The van der Waals surface area contributed by atoms with Crippen LogP contribution in [-0.2, 0) is 4.79 Å². The Labute approximate surface area is 118 Å². The first-order valence-corrected chi connectivity index (χ1v) is 7.51. The van der Waals surface area contributed by atoms with E-state index in [0.717, 1.165) is 35.1 Å². The molecule has 1 unspecified atom stereocenters. The standard InChI is InChI=1S/C14H19N3OS/c1-3-11-8-9-19-14(16-11)17-13-6-4-12(5-7-13)15-10(2)18/h4-7,11H,3,8-9H2,1-2H3,(H,15,18)(H,16,17). The molecule has 1 aliphatic heterocycles. The molecular formula is C14H19N3OS. The molecule has 0 radical (unpaired) electrons. The summed E-state index contributed by atoms with van der Waals surface area (Å²) in [6.45, 7) is 3.68. The van der Waals surface area contributed by atoms with Crippen LogP contribution in [0.3, 0.4) is 0 Å². The number of hydrogen-bond donors (Lipinski definition) is 2. The monoisotopic (exact) mass is 277 g/mol. The number of nitrogens with one attached hydrogen (secondary N) is 2. The van der Waals surface area contributed by atoms with Gasteiger partial charge in [0.1, 0.15) is 0 Å². The molecule has 1 aromatic carbocycles. The second-order valence-electron chi connectivity index (χ2n) is 4.52. The summed E-state index contributed by atoms with van der Waals surface area (Å²) in [7, 11) is 0. The molecule has 1 amide bonds. The SMILES string of the molecule is CCC1CCSC(Nc2ccc(NC(C)=O)cc2)=N1. The molecule has 1 atom stereocenters. The molecule has 0 saturated carbocycles. The second-order valence-corrected chi connectivity index (χ2v) is 5.60. The van der Waals surface area contributed by atoms with Crippen molar-refractivity contribution in [2.45, 2.75) is 32.7 Å². The van der Waals surface area contributed by atoms with Gasteiger partial charge in [-0.2, -0.15) is 0 Å². The normalized spacial score (nSPS) is 18.6. The Morgan fingerprint density at radius 3 is 2.68 bits per heavy atom. The first-order chi connectivity index (χ1) is 9.17. The topological polar surface area (TPSA) is 53.5 Å². The fourth-order valence-corrected chi connectivity index (χ4v) is 2.88. The first-order valence-electron chi connectivity index (χ1n) is 6.52. The minimum Gasteiger partial charge on any atom is -0.335 e. The van der Waals surface area contributed by atoms with Crippen molar-refractivity contribution >= 4 is 34.2 Å². The fraction of sp³-hybridized carbons (Fsp3) is 0.429. The minimum absolute atomic E-state index is 0.0568. The van der Waals surface area contributed by atoms with Gasteiger partial charge < -0.3 is 10.6 Å². The zero-order chi connectivity index (χ0) is 13.7. The number of amides is 1. The highest BCUT2D eigenvalue weighted by Gasteiger charge is 2.13. The molecule has 19 heavy (non-hydrogen) atoms. The molecule has 2 N–H and O–H groups in total. The summed E-state index contributed by atoms with van der Waals surface area (Å²) >= 11 is 1.76. The zero-order valence-corrected chi connectivity index (χ0v) is 12.1. The van der Waals surface area contributed by atoms with E-state index in [4.69, 9.17) is 0 Å². The predicted octanol–water partition coefficient (Wildman–Crippen LogP) is 3.33. The van der Waals surface area contributed by atoms with Crippen LogP contribution < -0.4 is 10.6 Å². The van der Waals surface area contributed by atoms with Gasteiger partial charge in [-0.05, 0) is 37.1 Å². The van der Waals surface area contributed by atoms with Crippen LogP contribution in [-0.4, -0.2) is 22.9 Å². The molecule has 0 fully saturated rings. The van der Waals surface area contributed by atoms with E-state index in [-0.39, 0.29) is 5.91 Å². The maximum Gasteiger partial charge on any atom is 0.221 e. The summed E-state index contributed by atoms with van der Waals surface area (Å²) in [5, 5.41) is 7.07. The van der Waals surface area contributed by atoms with Crippen LogP contribution in [0.2, 0.25) is 0 Å². The van der Waals surface area contributed by atoms with Crippen LogP contribution >= 0.6 is 11.8 Å². The quantitative estimate of drug-likeness (QED) is 0.891. The third-order valence-corrected chi connectivity index (χ3v) is 3.84. The number of rotatable bonds is 3. The van der Waals surface area contributed by atoms with Gasteiger partial charge in [0.25, 0.3) is 0 Å². The highest BCUT2D eigenvalue weighted by molar-refractivity contribution is 8.14. The molecule has 102 valence electrons. The van der Waals surface area contributed by atoms with Gasteiger partial charge in [0.15, 0.2) is 5.17 Å². The molecule has 0 aliphatic carbocycles.